The van der Waals surface area contributed by atoms with Crippen molar-refractivity contribution < 1.29 is 9.53 Å². The van der Waals surface area contributed by atoms with Crippen molar-refractivity contribution in [1.82, 2.24) is 0 Å². The van der Waals surface area contributed by atoms with E-state index >= 15 is 0 Å². The fourth-order valence-corrected chi connectivity index (χ4v) is 2.13. The average Bonchev–Trinajstić information content (AvgIpc) is 2.28. The largest absolute Gasteiger partial charge is 0.456 e. The van der Waals surface area contributed by atoms with E-state index in [-0.39, 0.29) is 5.97 Å². The third-order valence-electron chi connectivity index (χ3n) is 1.31. The molecule has 78 valence electrons. The number of halogens is 1. The zero-order valence-corrected chi connectivity index (χ0v) is 10.7. The van der Waals surface area contributed by atoms with Gasteiger partial charge in [0.1, 0.15) is 15.5 Å². The van der Waals surface area contributed by atoms with E-state index in [0.29, 0.717) is 9.88 Å². The number of ether oxygens (including phenoxy) is 1. The van der Waals surface area contributed by atoms with E-state index in [4.69, 9.17) is 10.5 Å². The molecule has 1 heterocycles. The highest BCUT2D eigenvalue weighted by Gasteiger charge is 2.20. The highest BCUT2D eigenvalue weighted by molar-refractivity contribution is 9.10. The molecule has 0 aliphatic rings. The molecule has 0 radical (unpaired) electrons. The molecule has 0 bridgehead atoms. The Kier molecular flexibility index (Phi) is 3.21. The molecule has 3 nitrogen and oxygen atoms in total. The van der Waals surface area contributed by atoms with E-state index in [1.807, 2.05) is 20.8 Å². The number of carbonyl (C=O) groups is 1. The number of esters is 1. The lowest BCUT2D eigenvalue weighted by atomic mass is 10.2. The number of thiophene rings is 1. The van der Waals surface area contributed by atoms with Crippen molar-refractivity contribution in [3.63, 3.8) is 0 Å². The number of rotatable bonds is 1. The summed E-state index contributed by atoms with van der Waals surface area (Å²) in [5.74, 6) is -0.333. The second-order valence-corrected chi connectivity index (χ2v) is 5.76. The number of nitrogens with two attached hydrogens (primary N) is 1. The lowest BCUT2D eigenvalue weighted by Gasteiger charge is -2.18. The number of hydrogen-bond donors (Lipinski definition) is 1. The summed E-state index contributed by atoms with van der Waals surface area (Å²) in [5, 5.41) is 0.589. The van der Waals surface area contributed by atoms with Crippen molar-refractivity contribution in [3.8, 4) is 0 Å². The van der Waals surface area contributed by atoms with Gasteiger partial charge in [0.05, 0.1) is 4.47 Å². The molecule has 14 heavy (non-hydrogen) atoms. The monoisotopic (exact) mass is 277 g/mol. The van der Waals surface area contributed by atoms with Gasteiger partial charge in [-0.05, 0) is 42.8 Å². The molecular formula is C9H12BrNO2S. The number of anilines is 1. The minimum atomic E-state index is -0.470. The highest BCUT2D eigenvalue weighted by Crippen LogP contribution is 2.30. The first-order chi connectivity index (χ1) is 6.29. The molecule has 0 aliphatic heterocycles. The summed E-state index contributed by atoms with van der Waals surface area (Å²) >= 11 is 4.46. The smallest absolute Gasteiger partial charge is 0.348 e. The fraction of sp³-hybridized carbons (Fsp3) is 0.444. The van der Waals surface area contributed by atoms with Gasteiger partial charge >= 0.3 is 5.97 Å². The van der Waals surface area contributed by atoms with Gasteiger partial charge in [-0.25, -0.2) is 4.79 Å². The maximum Gasteiger partial charge on any atom is 0.348 e. The predicted molar refractivity (Wildman–Crippen MR) is 61.6 cm³/mol. The zero-order valence-electron chi connectivity index (χ0n) is 8.26. The highest BCUT2D eigenvalue weighted by atomic mass is 79.9. The van der Waals surface area contributed by atoms with Crippen molar-refractivity contribution in [3.05, 3.63) is 15.4 Å². The van der Waals surface area contributed by atoms with Crippen LogP contribution in [0.1, 0.15) is 30.4 Å². The van der Waals surface area contributed by atoms with E-state index in [1.165, 1.54) is 11.3 Å². The van der Waals surface area contributed by atoms with Crippen LogP contribution < -0.4 is 5.73 Å². The van der Waals surface area contributed by atoms with Crippen LogP contribution in [0, 0.1) is 0 Å². The third-order valence-corrected chi connectivity index (χ3v) is 3.18. The van der Waals surface area contributed by atoms with Crippen molar-refractivity contribution in [1.29, 1.82) is 0 Å². The third kappa shape index (κ3) is 2.99. The molecule has 0 aliphatic carbocycles. The maximum atomic E-state index is 11.5. The second-order valence-electron chi connectivity index (χ2n) is 3.82. The summed E-state index contributed by atoms with van der Waals surface area (Å²) in [6.07, 6.45) is 0. The average molecular weight is 278 g/mol. The van der Waals surface area contributed by atoms with Gasteiger partial charge in [-0.1, -0.05) is 0 Å². The molecule has 0 atom stereocenters. The maximum absolute atomic E-state index is 11.5. The van der Waals surface area contributed by atoms with Crippen LogP contribution in [-0.4, -0.2) is 11.6 Å². The number of hydrogen-bond acceptors (Lipinski definition) is 4. The summed E-state index contributed by atoms with van der Waals surface area (Å²) < 4.78 is 5.93. The summed E-state index contributed by atoms with van der Waals surface area (Å²) in [5.41, 5.74) is 5.14. The van der Waals surface area contributed by atoms with Crippen LogP contribution in [0.25, 0.3) is 0 Å². The SMILES string of the molecule is CC(C)(C)OC(=O)c1cc(Br)c(N)s1. The second kappa shape index (κ2) is 3.90. The Bertz CT molecular complexity index is 335. The van der Waals surface area contributed by atoms with Gasteiger partial charge in [-0.3, -0.25) is 0 Å². The lowest BCUT2D eigenvalue weighted by Crippen LogP contribution is -2.23. The minimum Gasteiger partial charge on any atom is -0.456 e. The topological polar surface area (TPSA) is 52.3 Å². The molecule has 0 fully saturated rings. The zero-order chi connectivity index (χ0) is 10.9. The number of nitrogen functional groups attached to an aromatic ring is 1. The van der Waals surface area contributed by atoms with Gasteiger partial charge in [-0.2, -0.15) is 0 Å². The Morgan fingerprint density at radius 3 is 2.50 bits per heavy atom. The first-order valence-electron chi connectivity index (χ1n) is 4.08. The Labute approximate surface area is 95.4 Å². The van der Waals surface area contributed by atoms with Crippen LogP contribution in [0.4, 0.5) is 5.00 Å². The Balaban J connectivity index is 2.80. The van der Waals surface area contributed by atoms with Crippen LogP contribution in [0.5, 0.6) is 0 Å². The van der Waals surface area contributed by atoms with Gasteiger partial charge in [0.2, 0.25) is 0 Å². The number of carbonyl (C=O) groups excluding carboxylic acids is 1. The summed E-state index contributed by atoms with van der Waals surface area (Å²) in [6.45, 7) is 5.49. The van der Waals surface area contributed by atoms with Gasteiger partial charge < -0.3 is 10.5 Å². The van der Waals surface area contributed by atoms with Crippen LogP contribution in [0.3, 0.4) is 0 Å². The fourth-order valence-electron chi connectivity index (χ4n) is 0.812. The molecule has 0 saturated carbocycles. The summed E-state index contributed by atoms with van der Waals surface area (Å²) in [4.78, 5) is 12.1. The summed E-state index contributed by atoms with van der Waals surface area (Å²) in [6, 6.07) is 1.67. The quantitative estimate of drug-likeness (QED) is 0.803. The summed E-state index contributed by atoms with van der Waals surface area (Å²) in [7, 11) is 0. The Morgan fingerprint density at radius 2 is 2.14 bits per heavy atom. The van der Waals surface area contributed by atoms with Crippen molar-refractivity contribution in [2.75, 3.05) is 5.73 Å². The first kappa shape index (κ1) is 11.5. The van der Waals surface area contributed by atoms with Gasteiger partial charge in [0.25, 0.3) is 0 Å². The molecule has 0 spiro atoms. The normalized spacial score (nSPS) is 11.4. The van der Waals surface area contributed by atoms with Crippen LogP contribution in [0.15, 0.2) is 10.5 Å². The van der Waals surface area contributed by atoms with Crippen molar-refractivity contribution in [2.24, 2.45) is 0 Å². The molecule has 0 unspecified atom stereocenters. The van der Waals surface area contributed by atoms with E-state index in [0.717, 1.165) is 4.47 Å². The Morgan fingerprint density at radius 1 is 1.57 bits per heavy atom. The van der Waals surface area contributed by atoms with Crippen LogP contribution in [-0.2, 0) is 4.74 Å². The standard InChI is InChI=1S/C9H12BrNO2S/c1-9(2,3)13-8(12)6-4-5(10)7(11)14-6/h4H,11H2,1-3H3. The molecule has 5 heteroatoms. The van der Waals surface area contributed by atoms with Gasteiger partial charge in [0.15, 0.2) is 0 Å². The molecule has 1 rings (SSSR count). The molecule has 0 aromatic carbocycles. The van der Waals surface area contributed by atoms with E-state index in [2.05, 4.69) is 15.9 Å². The van der Waals surface area contributed by atoms with Gasteiger partial charge in [0, 0.05) is 0 Å². The van der Waals surface area contributed by atoms with Gasteiger partial charge in [-0.15, -0.1) is 11.3 Å². The van der Waals surface area contributed by atoms with E-state index in [9.17, 15) is 4.79 Å². The Hall–Kier alpha value is -0.550. The van der Waals surface area contributed by atoms with Crippen LogP contribution >= 0.6 is 27.3 Å². The predicted octanol–water partition coefficient (Wildman–Crippen LogP) is 3.05. The van der Waals surface area contributed by atoms with E-state index < -0.39 is 5.60 Å². The minimum absolute atomic E-state index is 0.333. The molecule has 2 N–H and O–H groups in total. The molecule has 0 amide bonds. The molecule has 0 saturated heterocycles. The lowest BCUT2D eigenvalue weighted by molar-refractivity contribution is 0.00752. The first-order valence-corrected chi connectivity index (χ1v) is 5.69. The molecule has 1 aromatic heterocycles. The van der Waals surface area contributed by atoms with Crippen molar-refractivity contribution >= 4 is 38.2 Å². The van der Waals surface area contributed by atoms with Crippen LogP contribution in [0.2, 0.25) is 0 Å². The van der Waals surface area contributed by atoms with Crippen molar-refractivity contribution in [2.45, 2.75) is 26.4 Å². The molecule has 1 aromatic rings. The molecular weight excluding hydrogens is 266 g/mol. The van der Waals surface area contributed by atoms with E-state index in [1.54, 1.807) is 6.07 Å².